The van der Waals surface area contributed by atoms with Crippen molar-refractivity contribution in [1.82, 2.24) is 14.7 Å². The van der Waals surface area contributed by atoms with Crippen molar-refractivity contribution in [2.75, 3.05) is 18.8 Å². The van der Waals surface area contributed by atoms with Crippen molar-refractivity contribution >= 4 is 11.6 Å². The highest BCUT2D eigenvalue weighted by molar-refractivity contribution is 5.98. The number of rotatable bonds is 2. The van der Waals surface area contributed by atoms with Gasteiger partial charge in [0.1, 0.15) is 5.69 Å². The molecule has 20 heavy (non-hydrogen) atoms. The van der Waals surface area contributed by atoms with Crippen LogP contribution in [0.4, 0.5) is 5.69 Å². The minimum atomic E-state index is -0.257. The van der Waals surface area contributed by atoms with E-state index < -0.39 is 0 Å². The molecule has 2 aliphatic rings. The van der Waals surface area contributed by atoms with E-state index in [9.17, 15) is 9.90 Å². The average Bonchev–Trinajstić information content (AvgIpc) is 3.06. The Kier molecular flexibility index (Phi) is 3.20. The summed E-state index contributed by atoms with van der Waals surface area (Å²) in [4.78, 5) is 14.5. The van der Waals surface area contributed by atoms with Gasteiger partial charge >= 0.3 is 0 Å². The molecule has 1 aromatic rings. The largest absolute Gasteiger partial charge is 0.395 e. The van der Waals surface area contributed by atoms with E-state index in [0.717, 1.165) is 19.4 Å². The first-order valence-electron chi connectivity index (χ1n) is 7.33. The summed E-state index contributed by atoms with van der Waals surface area (Å²) in [5.74, 6) is 0.625. The van der Waals surface area contributed by atoms with Crippen LogP contribution in [0.15, 0.2) is 0 Å². The van der Waals surface area contributed by atoms with Gasteiger partial charge in [0, 0.05) is 25.6 Å². The maximum absolute atomic E-state index is 12.7. The highest BCUT2D eigenvalue weighted by Crippen LogP contribution is 2.38. The molecule has 3 N–H and O–H groups in total. The summed E-state index contributed by atoms with van der Waals surface area (Å²) >= 11 is 0. The summed E-state index contributed by atoms with van der Waals surface area (Å²) in [5, 5.41) is 14.3. The Morgan fingerprint density at radius 3 is 2.85 bits per heavy atom. The number of aliphatic hydroxyl groups is 1. The number of aryl methyl sites for hydroxylation is 2. The number of nitrogens with zero attached hydrogens (tertiary/aromatic N) is 3. The second-order valence-electron chi connectivity index (χ2n) is 5.94. The zero-order chi connectivity index (χ0) is 14.4. The molecule has 1 aromatic heterocycles. The summed E-state index contributed by atoms with van der Waals surface area (Å²) < 4.78 is 1.68. The highest BCUT2D eigenvalue weighted by atomic mass is 16.3. The first-order valence-corrected chi connectivity index (χ1v) is 7.33. The molecule has 1 amide bonds. The summed E-state index contributed by atoms with van der Waals surface area (Å²) in [6, 6.07) is 0. The van der Waals surface area contributed by atoms with E-state index in [0.29, 0.717) is 36.1 Å². The monoisotopic (exact) mass is 278 g/mol. The van der Waals surface area contributed by atoms with Crippen molar-refractivity contribution in [2.45, 2.75) is 39.3 Å². The molecular formula is C14H22N4O2. The molecule has 110 valence electrons. The normalized spacial score (nSPS) is 28.9. The number of anilines is 1. The van der Waals surface area contributed by atoms with Crippen LogP contribution in [0, 0.1) is 18.8 Å². The molecule has 6 heteroatoms. The summed E-state index contributed by atoms with van der Waals surface area (Å²) in [7, 11) is 0. The van der Waals surface area contributed by atoms with Gasteiger partial charge in [0.05, 0.1) is 17.5 Å². The molecule has 3 atom stereocenters. The quantitative estimate of drug-likeness (QED) is 0.831. The lowest BCUT2D eigenvalue weighted by Gasteiger charge is -2.19. The smallest absolute Gasteiger partial charge is 0.274 e. The van der Waals surface area contributed by atoms with Crippen LogP contribution in [0.1, 0.15) is 35.9 Å². The van der Waals surface area contributed by atoms with Crippen molar-refractivity contribution in [2.24, 2.45) is 11.8 Å². The number of carbonyl (C=O) groups excluding carboxylic acids is 1. The topological polar surface area (TPSA) is 84.4 Å². The lowest BCUT2D eigenvalue weighted by atomic mass is 10.00. The number of nitrogens with two attached hydrogens (primary N) is 1. The van der Waals surface area contributed by atoms with Gasteiger partial charge in [-0.1, -0.05) is 0 Å². The van der Waals surface area contributed by atoms with Gasteiger partial charge in [-0.25, -0.2) is 0 Å². The predicted octanol–water partition coefficient (Wildman–Crippen LogP) is 0.637. The maximum atomic E-state index is 12.7. The van der Waals surface area contributed by atoms with Gasteiger partial charge < -0.3 is 15.7 Å². The Morgan fingerprint density at radius 2 is 2.20 bits per heavy atom. The highest BCUT2D eigenvalue weighted by Gasteiger charge is 2.44. The fraction of sp³-hybridized carbons (Fsp3) is 0.714. The van der Waals surface area contributed by atoms with E-state index in [1.165, 1.54) is 0 Å². The third kappa shape index (κ3) is 1.90. The van der Waals surface area contributed by atoms with Crippen LogP contribution in [-0.4, -0.2) is 44.9 Å². The van der Waals surface area contributed by atoms with Crippen LogP contribution in [0.2, 0.25) is 0 Å². The van der Waals surface area contributed by atoms with Gasteiger partial charge in [-0.15, -0.1) is 0 Å². The van der Waals surface area contributed by atoms with Crippen molar-refractivity contribution in [3.05, 3.63) is 11.4 Å². The summed E-state index contributed by atoms with van der Waals surface area (Å²) in [6.45, 7) is 5.76. The molecule has 1 saturated heterocycles. The minimum Gasteiger partial charge on any atom is -0.395 e. The Bertz CT molecular complexity index is 540. The van der Waals surface area contributed by atoms with E-state index in [4.69, 9.17) is 5.73 Å². The maximum Gasteiger partial charge on any atom is 0.274 e. The molecule has 2 heterocycles. The predicted molar refractivity (Wildman–Crippen MR) is 75.2 cm³/mol. The summed E-state index contributed by atoms with van der Waals surface area (Å²) in [6.07, 6.45) is 1.62. The van der Waals surface area contributed by atoms with Crippen molar-refractivity contribution in [1.29, 1.82) is 0 Å². The Hall–Kier alpha value is -1.56. The molecule has 1 saturated carbocycles. The third-order valence-corrected chi connectivity index (χ3v) is 4.78. The van der Waals surface area contributed by atoms with Gasteiger partial charge in [0.15, 0.2) is 0 Å². The number of aliphatic hydroxyl groups excluding tert-OH is 1. The van der Waals surface area contributed by atoms with Crippen LogP contribution in [-0.2, 0) is 6.54 Å². The molecular weight excluding hydrogens is 256 g/mol. The molecule has 3 rings (SSSR count). The van der Waals surface area contributed by atoms with Gasteiger partial charge in [0.25, 0.3) is 5.91 Å². The second-order valence-corrected chi connectivity index (χ2v) is 5.94. The van der Waals surface area contributed by atoms with Crippen LogP contribution in [0.3, 0.4) is 0 Å². The second kappa shape index (κ2) is 4.77. The van der Waals surface area contributed by atoms with Crippen LogP contribution in [0.5, 0.6) is 0 Å². The Morgan fingerprint density at radius 1 is 1.45 bits per heavy atom. The van der Waals surface area contributed by atoms with Gasteiger partial charge in [0.2, 0.25) is 0 Å². The van der Waals surface area contributed by atoms with Crippen LogP contribution in [0.25, 0.3) is 0 Å². The van der Waals surface area contributed by atoms with E-state index >= 15 is 0 Å². The average molecular weight is 278 g/mol. The Labute approximate surface area is 118 Å². The molecule has 0 spiro atoms. The fourth-order valence-corrected chi connectivity index (χ4v) is 3.60. The number of fused-ring (bicyclic) bond motifs is 1. The van der Waals surface area contributed by atoms with Gasteiger partial charge in [-0.05, 0) is 32.6 Å². The van der Waals surface area contributed by atoms with E-state index in [-0.39, 0.29) is 17.9 Å². The van der Waals surface area contributed by atoms with Gasteiger partial charge in [-0.3, -0.25) is 9.48 Å². The van der Waals surface area contributed by atoms with Crippen molar-refractivity contribution in [3.63, 3.8) is 0 Å². The first-order chi connectivity index (χ1) is 9.52. The third-order valence-electron chi connectivity index (χ3n) is 4.78. The Balaban J connectivity index is 1.84. The van der Waals surface area contributed by atoms with Crippen molar-refractivity contribution < 1.29 is 9.90 Å². The lowest BCUT2D eigenvalue weighted by molar-refractivity contribution is 0.0741. The zero-order valence-corrected chi connectivity index (χ0v) is 12.0. The molecule has 0 bridgehead atoms. The van der Waals surface area contributed by atoms with Gasteiger partial charge in [-0.2, -0.15) is 5.10 Å². The van der Waals surface area contributed by atoms with Crippen molar-refractivity contribution in [3.8, 4) is 0 Å². The molecule has 1 aliphatic heterocycles. The summed E-state index contributed by atoms with van der Waals surface area (Å²) in [5.41, 5.74) is 7.69. The molecule has 2 fully saturated rings. The van der Waals surface area contributed by atoms with E-state index in [1.807, 2.05) is 18.7 Å². The number of hydrogen-bond acceptors (Lipinski definition) is 4. The number of aromatic nitrogens is 2. The van der Waals surface area contributed by atoms with Crippen LogP contribution < -0.4 is 5.73 Å². The zero-order valence-electron chi connectivity index (χ0n) is 12.0. The molecule has 6 nitrogen and oxygen atoms in total. The number of likely N-dealkylation sites (tertiary alicyclic amines) is 1. The molecule has 0 aromatic carbocycles. The van der Waals surface area contributed by atoms with E-state index in [1.54, 1.807) is 4.68 Å². The number of carbonyl (C=O) groups is 1. The number of nitrogen functional groups attached to an aromatic ring is 1. The number of amides is 1. The first kappa shape index (κ1) is 13.4. The molecule has 3 unspecified atom stereocenters. The van der Waals surface area contributed by atoms with E-state index in [2.05, 4.69) is 5.10 Å². The molecule has 0 radical (unpaired) electrons. The van der Waals surface area contributed by atoms with Crippen LogP contribution >= 0.6 is 0 Å². The fourth-order valence-electron chi connectivity index (χ4n) is 3.60. The lowest BCUT2D eigenvalue weighted by Crippen LogP contribution is -2.33. The standard InChI is InChI=1S/C14H22N4O2/c1-3-18-13(12(15)8(2)16-18)14(20)17-6-9-4-5-11(19)10(9)7-17/h9-11,19H,3-7,15H2,1-2H3. The minimum absolute atomic E-state index is 0.0495. The SMILES string of the molecule is CCn1nc(C)c(N)c1C(=O)N1CC2CCC(O)C2C1. The molecule has 1 aliphatic carbocycles. The number of hydrogen-bond donors (Lipinski definition) is 2.